The van der Waals surface area contributed by atoms with Crippen LogP contribution in [0.2, 0.25) is 0 Å². The van der Waals surface area contributed by atoms with Gasteiger partial charge in [0.2, 0.25) is 0 Å². The molecule has 0 aromatic heterocycles. The number of hydrogen-bond acceptors (Lipinski definition) is 2. The average molecular weight is 203 g/mol. The Morgan fingerprint density at radius 2 is 2.07 bits per heavy atom. The standard InChI is InChI=1S/C13H17NO/c1-9(15)13(14-2)12-7-6-10-4-3-5-11(10)8-12/h6-8,13-14H,3-5H2,1-2H3. The van der Waals surface area contributed by atoms with Crippen LogP contribution in [0.5, 0.6) is 0 Å². The highest BCUT2D eigenvalue weighted by Gasteiger charge is 2.17. The number of rotatable bonds is 3. The number of ketones is 1. The van der Waals surface area contributed by atoms with Gasteiger partial charge in [-0.1, -0.05) is 18.2 Å². The minimum absolute atomic E-state index is 0.143. The third-order valence-electron chi connectivity index (χ3n) is 3.15. The predicted octanol–water partition coefficient (Wildman–Crippen LogP) is 2.02. The highest BCUT2D eigenvalue weighted by molar-refractivity contribution is 5.83. The molecular weight excluding hydrogens is 186 g/mol. The zero-order valence-electron chi connectivity index (χ0n) is 9.34. The number of fused-ring (bicyclic) bond motifs is 1. The molecule has 2 heteroatoms. The first-order chi connectivity index (χ1) is 7.22. The number of hydrogen-bond donors (Lipinski definition) is 1. The van der Waals surface area contributed by atoms with Gasteiger partial charge in [-0.15, -0.1) is 0 Å². The van der Waals surface area contributed by atoms with Crippen molar-refractivity contribution in [2.45, 2.75) is 32.2 Å². The van der Waals surface area contributed by atoms with Gasteiger partial charge in [-0.3, -0.25) is 4.79 Å². The Morgan fingerprint density at radius 1 is 1.33 bits per heavy atom. The lowest BCUT2D eigenvalue weighted by Gasteiger charge is -2.14. The maximum atomic E-state index is 11.4. The summed E-state index contributed by atoms with van der Waals surface area (Å²) in [5.74, 6) is 0.176. The van der Waals surface area contributed by atoms with Crippen LogP contribution in [0.25, 0.3) is 0 Å². The van der Waals surface area contributed by atoms with Gasteiger partial charge in [0.1, 0.15) is 0 Å². The highest BCUT2D eigenvalue weighted by Crippen LogP contribution is 2.25. The van der Waals surface area contributed by atoms with Gasteiger partial charge < -0.3 is 5.32 Å². The largest absolute Gasteiger partial charge is 0.307 e. The molecular formula is C13H17NO. The summed E-state index contributed by atoms with van der Waals surface area (Å²) < 4.78 is 0. The van der Waals surface area contributed by atoms with E-state index in [1.54, 1.807) is 6.92 Å². The molecule has 0 amide bonds. The second kappa shape index (κ2) is 4.15. The molecule has 2 rings (SSSR count). The van der Waals surface area contributed by atoms with Gasteiger partial charge in [0, 0.05) is 0 Å². The molecule has 1 aromatic rings. The fourth-order valence-corrected chi connectivity index (χ4v) is 2.38. The lowest BCUT2D eigenvalue weighted by molar-refractivity contribution is -0.119. The van der Waals surface area contributed by atoms with Crippen LogP contribution in [0, 0.1) is 0 Å². The van der Waals surface area contributed by atoms with Crippen LogP contribution < -0.4 is 5.32 Å². The Labute approximate surface area is 90.7 Å². The summed E-state index contributed by atoms with van der Waals surface area (Å²) in [5, 5.41) is 3.06. The van der Waals surface area contributed by atoms with E-state index in [0.29, 0.717) is 0 Å². The number of Topliss-reactive ketones (excluding diaryl/α,β-unsaturated/α-hetero) is 1. The zero-order chi connectivity index (χ0) is 10.8. The molecule has 0 aliphatic heterocycles. The molecule has 15 heavy (non-hydrogen) atoms. The number of carbonyl (C=O) groups excluding carboxylic acids is 1. The quantitative estimate of drug-likeness (QED) is 0.814. The van der Waals surface area contributed by atoms with Gasteiger partial charge in [-0.05, 0) is 49.9 Å². The van der Waals surface area contributed by atoms with Crippen molar-refractivity contribution in [2.75, 3.05) is 7.05 Å². The van der Waals surface area contributed by atoms with E-state index in [1.165, 1.54) is 24.0 Å². The predicted molar refractivity (Wildman–Crippen MR) is 60.9 cm³/mol. The van der Waals surface area contributed by atoms with Crippen molar-refractivity contribution in [3.63, 3.8) is 0 Å². The third kappa shape index (κ3) is 1.95. The van der Waals surface area contributed by atoms with E-state index >= 15 is 0 Å². The fraction of sp³-hybridized carbons (Fsp3) is 0.462. The summed E-state index contributed by atoms with van der Waals surface area (Å²) in [5.41, 5.74) is 3.98. The van der Waals surface area contributed by atoms with E-state index < -0.39 is 0 Å². The van der Waals surface area contributed by atoms with Crippen LogP contribution in [0.4, 0.5) is 0 Å². The Hall–Kier alpha value is -1.15. The number of carbonyl (C=O) groups is 1. The molecule has 0 bridgehead atoms. The number of aryl methyl sites for hydroxylation is 2. The minimum atomic E-state index is -0.143. The van der Waals surface area contributed by atoms with E-state index in [1.807, 2.05) is 7.05 Å². The molecule has 1 aliphatic carbocycles. The molecule has 2 nitrogen and oxygen atoms in total. The first-order valence-electron chi connectivity index (χ1n) is 5.52. The first-order valence-corrected chi connectivity index (χ1v) is 5.52. The maximum absolute atomic E-state index is 11.4. The van der Waals surface area contributed by atoms with E-state index in [2.05, 4.69) is 23.5 Å². The zero-order valence-corrected chi connectivity index (χ0v) is 9.34. The smallest absolute Gasteiger partial charge is 0.151 e. The van der Waals surface area contributed by atoms with E-state index in [9.17, 15) is 4.79 Å². The number of benzene rings is 1. The van der Waals surface area contributed by atoms with E-state index in [-0.39, 0.29) is 11.8 Å². The Kier molecular flexibility index (Phi) is 2.87. The van der Waals surface area contributed by atoms with Gasteiger partial charge in [-0.2, -0.15) is 0 Å². The van der Waals surface area contributed by atoms with Crippen molar-refractivity contribution in [1.82, 2.24) is 5.32 Å². The summed E-state index contributed by atoms with van der Waals surface area (Å²) in [6.07, 6.45) is 3.61. The Bertz CT molecular complexity index is 384. The highest BCUT2D eigenvalue weighted by atomic mass is 16.1. The Morgan fingerprint density at radius 3 is 2.73 bits per heavy atom. The van der Waals surface area contributed by atoms with Crippen molar-refractivity contribution in [2.24, 2.45) is 0 Å². The second-order valence-electron chi connectivity index (χ2n) is 4.21. The average Bonchev–Trinajstić information content (AvgIpc) is 2.65. The molecule has 0 saturated carbocycles. The molecule has 1 aromatic carbocycles. The molecule has 1 unspecified atom stereocenters. The second-order valence-corrected chi connectivity index (χ2v) is 4.21. The molecule has 0 heterocycles. The maximum Gasteiger partial charge on any atom is 0.151 e. The summed E-state index contributed by atoms with van der Waals surface area (Å²) in [7, 11) is 1.83. The normalized spacial score (nSPS) is 16.1. The molecule has 80 valence electrons. The lowest BCUT2D eigenvalue weighted by atomic mass is 9.99. The summed E-state index contributed by atoms with van der Waals surface area (Å²) in [4.78, 5) is 11.4. The number of likely N-dealkylation sites (N-methyl/N-ethyl adjacent to an activating group) is 1. The number of nitrogens with one attached hydrogen (secondary N) is 1. The molecule has 0 saturated heterocycles. The summed E-state index contributed by atoms with van der Waals surface area (Å²) >= 11 is 0. The minimum Gasteiger partial charge on any atom is -0.307 e. The van der Waals surface area contributed by atoms with Gasteiger partial charge in [0.15, 0.2) is 5.78 Å². The van der Waals surface area contributed by atoms with Crippen LogP contribution in [0.1, 0.15) is 36.1 Å². The van der Waals surface area contributed by atoms with Gasteiger partial charge in [-0.25, -0.2) is 0 Å². The fourth-order valence-electron chi connectivity index (χ4n) is 2.38. The molecule has 0 fully saturated rings. The van der Waals surface area contributed by atoms with Crippen LogP contribution in [0.15, 0.2) is 18.2 Å². The lowest BCUT2D eigenvalue weighted by Crippen LogP contribution is -2.23. The molecule has 0 spiro atoms. The SMILES string of the molecule is CNC(C(C)=O)c1ccc2c(c1)CCC2. The Balaban J connectivity index is 2.32. The van der Waals surface area contributed by atoms with Crippen molar-refractivity contribution < 1.29 is 4.79 Å². The molecule has 0 radical (unpaired) electrons. The van der Waals surface area contributed by atoms with E-state index in [0.717, 1.165) is 12.0 Å². The van der Waals surface area contributed by atoms with Gasteiger partial charge in [0.05, 0.1) is 6.04 Å². The van der Waals surface area contributed by atoms with Crippen molar-refractivity contribution in [3.05, 3.63) is 34.9 Å². The van der Waals surface area contributed by atoms with Crippen LogP contribution >= 0.6 is 0 Å². The monoisotopic (exact) mass is 203 g/mol. The van der Waals surface area contributed by atoms with Crippen molar-refractivity contribution in [1.29, 1.82) is 0 Å². The molecule has 1 N–H and O–H groups in total. The molecule has 1 aliphatic rings. The third-order valence-corrected chi connectivity index (χ3v) is 3.15. The van der Waals surface area contributed by atoms with Crippen LogP contribution in [0.3, 0.4) is 0 Å². The van der Waals surface area contributed by atoms with Gasteiger partial charge >= 0.3 is 0 Å². The van der Waals surface area contributed by atoms with Crippen LogP contribution in [-0.2, 0) is 17.6 Å². The summed E-state index contributed by atoms with van der Waals surface area (Å²) in [6.45, 7) is 1.63. The van der Waals surface area contributed by atoms with Crippen molar-refractivity contribution >= 4 is 5.78 Å². The summed E-state index contributed by atoms with van der Waals surface area (Å²) in [6, 6.07) is 6.29. The molecule has 1 atom stereocenters. The topological polar surface area (TPSA) is 29.1 Å². The van der Waals surface area contributed by atoms with E-state index in [4.69, 9.17) is 0 Å². The van der Waals surface area contributed by atoms with Crippen molar-refractivity contribution in [3.8, 4) is 0 Å². The van der Waals surface area contributed by atoms with Crippen LogP contribution in [-0.4, -0.2) is 12.8 Å². The first kappa shape index (κ1) is 10.4. The van der Waals surface area contributed by atoms with Gasteiger partial charge in [0.25, 0.3) is 0 Å².